The molecule has 0 amide bonds. The summed E-state index contributed by atoms with van der Waals surface area (Å²) < 4.78 is 21.2. The lowest BCUT2D eigenvalue weighted by Crippen LogP contribution is -2.15. The summed E-state index contributed by atoms with van der Waals surface area (Å²) in [4.78, 5) is 25.1. The molecular formula is C24H24BrNO6S. The molecule has 33 heavy (non-hydrogen) atoms. The maximum atomic E-state index is 12.3. The van der Waals surface area contributed by atoms with Crippen LogP contribution in [-0.2, 0) is 20.8 Å². The molecule has 0 fully saturated rings. The van der Waals surface area contributed by atoms with Crippen LogP contribution in [0.2, 0.25) is 0 Å². The summed E-state index contributed by atoms with van der Waals surface area (Å²) in [6.07, 6.45) is 0. The molecular weight excluding hydrogens is 510 g/mol. The lowest BCUT2D eigenvalue weighted by Gasteiger charge is -2.09. The standard InChI is InChI=1S/C24H24BrNO6S/c1-4-31-19(27)14-32-21-20(25)22(33-23(21)24(28)30-3)16-6-5-7-17(12-16)26-13-15-8-10-18(29-2)11-9-15/h5-12,26H,4,13-14H2,1-3H3. The molecule has 0 spiro atoms. The molecule has 0 saturated heterocycles. The minimum absolute atomic E-state index is 0.248. The molecule has 9 heteroatoms. The molecule has 1 heterocycles. The lowest BCUT2D eigenvalue weighted by molar-refractivity contribution is -0.145. The van der Waals surface area contributed by atoms with Crippen molar-refractivity contribution in [3.8, 4) is 21.9 Å². The first-order valence-electron chi connectivity index (χ1n) is 10.1. The highest BCUT2D eigenvalue weighted by atomic mass is 79.9. The fraction of sp³-hybridized carbons (Fsp3) is 0.250. The quantitative estimate of drug-likeness (QED) is 0.343. The van der Waals surface area contributed by atoms with Gasteiger partial charge in [0.05, 0.1) is 30.2 Å². The second kappa shape index (κ2) is 11.7. The zero-order valence-corrected chi connectivity index (χ0v) is 20.9. The zero-order valence-electron chi connectivity index (χ0n) is 18.5. The van der Waals surface area contributed by atoms with Crippen LogP contribution >= 0.6 is 27.3 Å². The molecule has 0 radical (unpaired) electrons. The van der Waals surface area contributed by atoms with Crippen molar-refractivity contribution in [2.45, 2.75) is 13.5 Å². The molecule has 2 aromatic carbocycles. The van der Waals surface area contributed by atoms with Crippen molar-refractivity contribution in [1.29, 1.82) is 0 Å². The van der Waals surface area contributed by atoms with Gasteiger partial charge in [-0.2, -0.15) is 0 Å². The highest BCUT2D eigenvalue weighted by molar-refractivity contribution is 9.10. The number of halogens is 1. The third-order valence-corrected chi connectivity index (χ3v) is 6.82. The van der Waals surface area contributed by atoms with E-state index in [0.717, 1.165) is 27.4 Å². The third-order valence-electron chi connectivity index (χ3n) is 4.60. The van der Waals surface area contributed by atoms with Crippen LogP contribution in [0.4, 0.5) is 5.69 Å². The second-order valence-electron chi connectivity index (χ2n) is 6.77. The van der Waals surface area contributed by atoms with Gasteiger partial charge in [-0.3, -0.25) is 0 Å². The van der Waals surface area contributed by atoms with E-state index in [1.54, 1.807) is 14.0 Å². The Morgan fingerprint density at radius 3 is 2.52 bits per heavy atom. The number of rotatable bonds is 10. The first-order valence-corrected chi connectivity index (χ1v) is 11.7. The molecule has 0 aliphatic carbocycles. The average molecular weight is 534 g/mol. The van der Waals surface area contributed by atoms with E-state index in [0.29, 0.717) is 11.0 Å². The van der Waals surface area contributed by atoms with E-state index in [1.807, 2.05) is 48.5 Å². The minimum Gasteiger partial charge on any atom is -0.497 e. The first kappa shape index (κ1) is 24.6. The summed E-state index contributed by atoms with van der Waals surface area (Å²) in [5.41, 5.74) is 2.90. The number of ether oxygens (including phenoxy) is 4. The molecule has 1 N–H and O–H groups in total. The van der Waals surface area contributed by atoms with Crippen LogP contribution in [0.25, 0.3) is 10.4 Å². The van der Waals surface area contributed by atoms with Gasteiger partial charge >= 0.3 is 11.9 Å². The number of hydrogen-bond donors (Lipinski definition) is 1. The second-order valence-corrected chi connectivity index (χ2v) is 8.58. The Labute approximate surface area is 204 Å². The van der Waals surface area contributed by atoms with E-state index in [9.17, 15) is 9.59 Å². The molecule has 0 atom stereocenters. The summed E-state index contributed by atoms with van der Waals surface area (Å²) in [6, 6.07) is 15.7. The number of carbonyl (C=O) groups is 2. The molecule has 0 unspecified atom stereocenters. The van der Waals surface area contributed by atoms with Gasteiger partial charge in [0.25, 0.3) is 0 Å². The van der Waals surface area contributed by atoms with Gasteiger partial charge < -0.3 is 24.3 Å². The van der Waals surface area contributed by atoms with Gasteiger partial charge in [-0.25, -0.2) is 9.59 Å². The van der Waals surface area contributed by atoms with Crippen molar-refractivity contribution in [2.24, 2.45) is 0 Å². The van der Waals surface area contributed by atoms with Crippen LogP contribution in [0.3, 0.4) is 0 Å². The van der Waals surface area contributed by atoms with Gasteiger partial charge in [-0.15, -0.1) is 11.3 Å². The Kier molecular flexibility index (Phi) is 8.73. The van der Waals surface area contributed by atoms with Gasteiger partial charge in [0.2, 0.25) is 0 Å². The number of carbonyl (C=O) groups excluding carboxylic acids is 2. The average Bonchev–Trinajstić information content (AvgIpc) is 3.17. The fourth-order valence-corrected chi connectivity index (χ4v) is 4.96. The van der Waals surface area contributed by atoms with Crippen molar-refractivity contribution in [1.82, 2.24) is 0 Å². The lowest BCUT2D eigenvalue weighted by atomic mass is 10.1. The number of thiophene rings is 1. The zero-order chi connectivity index (χ0) is 23.8. The van der Waals surface area contributed by atoms with Crippen LogP contribution in [0.1, 0.15) is 22.2 Å². The number of esters is 2. The van der Waals surface area contributed by atoms with Gasteiger partial charge in [0, 0.05) is 12.2 Å². The van der Waals surface area contributed by atoms with Crippen molar-refractivity contribution in [3.05, 3.63) is 63.4 Å². The van der Waals surface area contributed by atoms with Gasteiger partial charge in [0.15, 0.2) is 17.2 Å². The monoisotopic (exact) mass is 533 g/mol. The van der Waals surface area contributed by atoms with Gasteiger partial charge in [0.1, 0.15) is 5.75 Å². The van der Waals surface area contributed by atoms with Crippen LogP contribution in [0.5, 0.6) is 11.5 Å². The van der Waals surface area contributed by atoms with Crippen molar-refractivity contribution in [2.75, 3.05) is 32.8 Å². The summed E-state index contributed by atoms with van der Waals surface area (Å²) in [6.45, 7) is 2.29. The summed E-state index contributed by atoms with van der Waals surface area (Å²) in [7, 11) is 2.94. The largest absolute Gasteiger partial charge is 0.497 e. The van der Waals surface area contributed by atoms with Gasteiger partial charge in [-0.05, 0) is 58.2 Å². The highest BCUT2D eigenvalue weighted by Crippen LogP contribution is 2.46. The predicted molar refractivity (Wildman–Crippen MR) is 131 cm³/mol. The van der Waals surface area contributed by atoms with Crippen LogP contribution in [0, 0.1) is 0 Å². The summed E-state index contributed by atoms with van der Waals surface area (Å²) >= 11 is 4.76. The Morgan fingerprint density at radius 1 is 1.09 bits per heavy atom. The Morgan fingerprint density at radius 2 is 1.85 bits per heavy atom. The predicted octanol–water partition coefficient (Wildman–Crippen LogP) is 5.53. The minimum atomic E-state index is -0.542. The van der Waals surface area contributed by atoms with E-state index in [-0.39, 0.29) is 23.8 Å². The SMILES string of the molecule is CCOC(=O)COc1c(C(=O)OC)sc(-c2cccc(NCc3ccc(OC)cc3)c2)c1Br. The molecule has 0 aliphatic rings. The van der Waals surface area contributed by atoms with E-state index in [1.165, 1.54) is 18.4 Å². The molecule has 3 rings (SSSR count). The normalized spacial score (nSPS) is 10.4. The van der Waals surface area contributed by atoms with Crippen LogP contribution in [-0.4, -0.2) is 39.4 Å². The van der Waals surface area contributed by atoms with E-state index in [4.69, 9.17) is 18.9 Å². The Bertz CT molecular complexity index is 1110. The fourth-order valence-electron chi connectivity index (χ4n) is 2.99. The van der Waals surface area contributed by atoms with Gasteiger partial charge in [-0.1, -0.05) is 24.3 Å². The van der Waals surface area contributed by atoms with Crippen LogP contribution < -0.4 is 14.8 Å². The Hall–Kier alpha value is -3.04. The molecule has 7 nitrogen and oxygen atoms in total. The number of benzene rings is 2. The molecule has 3 aromatic rings. The van der Waals surface area contributed by atoms with Crippen molar-refractivity contribution < 1.29 is 28.5 Å². The molecule has 0 bridgehead atoms. The summed E-state index contributed by atoms with van der Waals surface area (Å²) in [5.74, 6) is 0.00877. The van der Waals surface area contributed by atoms with Crippen molar-refractivity contribution >= 4 is 44.9 Å². The Balaban J connectivity index is 1.82. The first-order chi connectivity index (χ1) is 16.0. The van der Waals surface area contributed by atoms with E-state index < -0.39 is 11.9 Å². The molecule has 174 valence electrons. The summed E-state index contributed by atoms with van der Waals surface area (Å²) in [5, 5.41) is 3.40. The number of methoxy groups -OCH3 is 2. The number of nitrogens with one attached hydrogen (secondary N) is 1. The smallest absolute Gasteiger partial charge is 0.351 e. The van der Waals surface area contributed by atoms with E-state index in [2.05, 4.69) is 21.2 Å². The maximum Gasteiger partial charge on any atom is 0.351 e. The molecule has 0 saturated carbocycles. The third kappa shape index (κ3) is 6.27. The highest BCUT2D eigenvalue weighted by Gasteiger charge is 2.25. The number of hydrogen-bond acceptors (Lipinski definition) is 8. The van der Waals surface area contributed by atoms with E-state index >= 15 is 0 Å². The molecule has 1 aromatic heterocycles. The van der Waals surface area contributed by atoms with Crippen LogP contribution in [0.15, 0.2) is 53.0 Å². The number of anilines is 1. The van der Waals surface area contributed by atoms with Crippen molar-refractivity contribution in [3.63, 3.8) is 0 Å². The molecule has 0 aliphatic heterocycles. The topological polar surface area (TPSA) is 83.1 Å². The maximum absolute atomic E-state index is 12.3.